The molecule has 0 unspecified atom stereocenters. The van der Waals surface area contributed by atoms with Crippen LogP contribution >= 0.6 is 23.2 Å². The fraction of sp³-hybridized carbons (Fsp3) is 0.625. The molecule has 0 aliphatic carbocycles. The molecular weight excluding hydrogens is 291 g/mol. The van der Waals surface area contributed by atoms with E-state index in [1.165, 1.54) is 44.5 Å². The summed E-state index contributed by atoms with van der Waals surface area (Å²) in [4.78, 5) is 1.79. The molecule has 0 bridgehead atoms. The van der Waals surface area contributed by atoms with E-state index < -0.39 is 0 Å². The molecule has 112 valence electrons. The van der Waals surface area contributed by atoms with Crippen molar-refractivity contribution in [3.63, 3.8) is 0 Å². The zero-order chi connectivity index (χ0) is 14.4. The van der Waals surface area contributed by atoms with Crippen LogP contribution in [0.25, 0.3) is 0 Å². The Kier molecular flexibility index (Phi) is 6.63. The van der Waals surface area contributed by atoms with Gasteiger partial charge in [-0.25, -0.2) is 0 Å². The van der Waals surface area contributed by atoms with Crippen molar-refractivity contribution in [2.75, 3.05) is 26.2 Å². The topological polar surface area (TPSA) is 21.1 Å². The highest BCUT2D eigenvalue weighted by Crippen LogP contribution is 2.20. The van der Waals surface area contributed by atoms with Gasteiger partial charge in [0.2, 0.25) is 0 Å². The summed E-state index contributed by atoms with van der Waals surface area (Å²) >= 11 is 12.1. The molecule has 0 radical (unpaired) electrons. The molecule has 0 aromatic heterocycles. The average molecular weight is 317 g/mol. The first-order valence-electron chi connectivity index (χ1n) is 7.80. The lowest BCUT2D eigenvalue weighted by atomic mass is 10.0. The van der Waals surface area contributed by atoms with Crippen molar-refractivity contribution in [1.82, 2.24) is 0 Å². The Morgan fingerprint density at radius 2 is 2.00 bits per heavy atom. The maximum Gasteiger partial charge on any atom is 0.0967 e. The first kappa shape index (κ1) is 16.1. The van der Waals surface area contributed by atoms with Gasteiger partial charge < -0.3 is 10.2 Å². The van der Waals surface area contributed by atoms with E-state index in [1.807, 2.05) is 18.2 Å². The average Bonchev–Trinajstić information content (AvgIpc) is 2.43. The van der Waals surface area contributed by atoms with Crippen LogP contribution in [-0.4, -0.2) is 32.2 Å². The van der Waals surface area contributed by atoms with Gasteiger partial charge in [-0.1, -0.05) is 36.2 Å². The van der Waals surface area contributed by atoms with E-state index >= 15 is 0 Å². The van der Waals surface area contributed by atoms with E-state index in [-0.39, 0.29) is 0 Å². The van der Waals surface area contributed by atoms with Crippen molar-refractivity contribution in [2.24, 2.45) is 0 Å². The monoisotopic (exact) mass is 316 g/mol. The van der Waals surface area contributed by atoms with E-state index in [0.717, 1.165) is 24.0 Å². The number of nitrogens with one attached hydrogen (secondary N) is 1. The van der Waals surface area contributed by atoms with Gasteiger partial charge in [-0.3, -0.25) is 0 Å². The first-order valence-corrected chi connectivity index (χ1v) is 8.55. The van der Waals surface area contributed by atoms with Crippen LogP contribution in [0.2, 0.25) is 10.0 Å². The van der Waals surface area contributed by atoms with Crippen molar-refractivity contribution < 1.29 is 10.2 Å². The maximum absolute atomic E-state index is 6.20. The number of piperidine rings is 1. The van der Waals surface area contributed by atoms with Crippen molar-refractivity contribution in [1.29, 1.82) is 0 Å². The predicted molar refractivity (Wildman–Crippen MR) is 85.8 cm³/mol. The van der Waals surface area contributed by atoms with Gasteiger partial charge in [-0.15, -0.1) is 0 Å². The lowest BCUT2D eigenvalue weighted by Gasteiger charge is -2.27. The fourth-order valence-electron chi connectivity index (χ4n) is 3.09. The highest BCUT2D eigenvalue weighted by atomic mass is 35.5. The predicted octanol–water partition coefficient (Wildman–Crippen LogP) is 1.56. The van der Waals surface area contributed by atoms with Crippen molar-refractivity contribution in [3.05, 3.63) is 33.8 Å². The molecule has 20 heavy (non-hydrogen) atoms. The molecule has 0 saturated carbocycles. The standard InChI is InChI=1S/C16H24Cl2N2/c1-2-9-20-10-6-15(7-11-20)19-8-5-13-3-4-14(17)12-16(13)18/h3-4,12,15,19H,2,5-11H2,1H3/p+2. The molecule has 1 saturated heterocycles. The molecule has 1 fully saturated rings. The van der Waals surface area contributed by atoms with Gasteiger partial charge in [0.05, 0.1) is 32.2 Å². The summed E-state index contributed by atoms with van der Waals surface area (Å²) in [5.41, 5.74) is 1.21. The van der Waals surface area contributed by atoms with Gasteiger partial charge in [0.15, 0.2) is 0 Å². The summed E-state index contributed by atoms with van der Waals surface area (Å²) in [6, 6.07) is 6.62. The zero-order valence-electron chi connectivity index (χ0n) is 12.3. The van der Waals surface area contributed by atoms with E-state index in [1.54, 1.807) is 4.90 Å². The summed E-state index contributed by atoms with van der Waals surface area (Å²) < 4.78 is 0. The van der Waals surface area contributed by atoms with E-state index in [2.05, 4.69) is 12.2 Å². The summed E-state index contributed by atoms with van der Waals surface area (Å²) in [5, 5.41) is 4.02. The molecule has 1 aromatic carbocycles. The van der Waals surface area contributed by atoms with Gasteiger partial charge in [0.25, 0.3) is 0 Å². The summed E-state index contributed by atoms with van der Waals surface area (Å²) in [7, 11) is 0. The number of nitrogens with two attached hydrogens (primary N) is 1. The number of rotatable bonds is 6. The van der Waals surface area contributed by atoms with Crippen molar-refractivity contribution >= 4 is 23.2 Å². The van der Waals surface area contributed by atoms with Crippen LogP contribution in [0.3, 0.4) is 0 Å². The van der Waals surface area contributed by atoms with Crippen LogP contribution in [-0.2, 0) is 6.42 Å². The van der Waals surface area contributed by atoms with Gasteiger partial charge >= 0.3 is 0 Å². The SMILES string of the molecule is CCC[NH+]1CCC([NH2+]CCc2ccc(Cl)cc2Cl)CC1. The third-order valence-corrected chi connectivity index (χ3v) is 4.86. The molecule has 2 nitrogen and oxygen atoms in total. The number of likely N-dealkylation sites (tertiary alicyclic amines) is 1. The Morgan fingerprint density at radius 1 is 1.25 bits per heavy atom. The smallest absolute Gasteiger partial charge is 0.0967 e. The number of hydrogen-bond acceptors (Lipinski definition) is 0. The lowest BCUT2D eigenvalue weighted by Crippen LogP contribution is -3.14. The second kappa shape index (κ2) is 8.23. The third kappa shape index (κ3) is 4.92. The van der Waals surface area contributed by atoms with Crippen LogP contribution in [0, 0.1) is 0 Å². The highest BCUT2D eigenvalue weighted by molar-refractivity contribution is 6.35. The Morgan fingerprint density at radius 3 is 2.65 bits per heavy atom. The minimum absolute atomic E-state index is 0.717. The molecule has 1 aliphatic heterocycles. The second-order valence-corrected chi connectivity index (χ2v) is 6.69. The Hall–Kier alpha value is -0.280. The second-order valence-electron chi connectivity index (χ2n) is 5.85. The Bertz CT molecular complexity index is 415. The highest BCUT2D eigenvalue weighted by Gasteiger charge is 2.23. The number of hydrogen-bond donors (Lipinski definition) is 2. The third-order valence-electron chi connectivity index (χ3n) is 4.27. The van der Waals surface area contributed by atoms with E-state index in [4.69, 9.17) is 23.2 Å². The van der Waals surface area contributed by atoms with Crippen molar-refractivity contribution in [2.45, 2.75) is 38.6 Å². The maximum atomic E-state index is 6.20. The minimum Gasteiger partial charge on any atom is -0.343 e. The lowest BCUT2D eigenvalue weighted by molar-refractivity contribution is -0.913. The molecule has 2 rings (SSSR count). The Labute approximate surface area is 132 Å². The quantitative estimate of drug-likeness (QED) is 0.795. The summed E-state index contributed by atoms with van der Waals surface area (Å²) in [6.07, 6.45) is 5.03. The minimum atomic E-state index is 0.717. The molecular formula is C16H26Cl2N2+2. The van der Waals surface area contributed by atoms with Crippen LogP contribution in [0.5, 0.6) is 0 Å². The number of benzene rings is 1. The van der Waals surface area contributed by atoms with Gasteiger partial charge in [-0.2, -0.15) is 0 Å². The molecule has 1 aromatic rings. The van der Waals surface area contributed by atoms with Crippen LogP contribution in [0.4, 0.5) is 0 Å². The van der Waals surface area contributed by atoms with Gasteiger partial charge in [0, 0.05) is 29.3 Å². The van der Waals surface area contributed by atoms with Gasteiger partial charge in [0.1, 0.15) is 0 Å². The van der Waals surface area contributed by atoms with Crippen LogP contribution in [0.15, 0.2) is 18.2 Å². The molecule has 0 atom stereocenters. The summed E-state index contributed by atoms with van der Waals surface area (Å²) in [5.74, 6) is 0. The molecule has 0 spiro atoms. The molecule has 1 heterocycles. The van der Waals surface area contributed by atoms with Crippen molar-refractivity contribution in [3.8, 4) is 0 Å². The first-order chi connectivity index (χ1) is 9.69. The zero-order valence-corrected chi connectivity index (χ0v) is 13.8. The van der Waals surface area contributed by atoms with E-state index in [9.17, 15) is 0 Å². The molecule has 3 N–H and O–H groups in total. The Balaban J connectivity index is 1.69. The van der Waals surface area contributed by atoms with E-state index in [0.29, 0.717) is 5.02 Å². The molecule has 0 amide bonds. The summed E-state index contributed by atoms with van der Waals surface area (Å²) in [6.45, 7) is 7.43. The van der Waals surface area contributed by atoms with Crippen LogP contribution < -0.4 is 10.2 Å². The normalized spacial score (nSPS) is 22.9. The van der Waals surface area contributed by atoms with Gasteiger partial charge in [-0.05, 0) is 24.1 Å². The number of halogens is 2. The molecule has 1 aliphatic rings. The number of quaternary nitrogens is 2. The fourth-order valence-corrected chi connectivity index (χ4v) is 3.59. The molecule has 4 heteroatoms. The largest absolute Gasteiger partial charge is 0.343 e. The van der Waals surface area contributed by atoms with Crippen LogP contribution in [0.1, 0.15) is 31.7 Å².